The summed E-state index contributed by atoms with van der Waals surface area (Å²) in [7, 11) is 0. The number of nitrogens with two attached hydrogens (primary N) is 1. The summed E-state index contributed by atoms with van der Waals surface area (Å²) in [4.78, 5) is 23.7. The predicted octanol–water partition coefficient (Wildman–Crippen LogP) is 1.95. The number of nitrogens with zero attached hydrogens (tertiary/aromatic N) is 5. The van der Waals surface area contributed by atoms with Crippen LogP contribution in [0.1, 0.15) is 38.5 Å². The SMILES string of the molecule is Nc1nc(N2CCCCC2)c([N+](=O)[O-])c(N2CCCCC2)n1. The maximum Gasteiger partial charge on any atom is 0.353 e. The molecule has 3 heterocycles. The van der Waals surface area contributed by atoms with E-state index in [1.807, 2.05) is 9.80 Å². The van der Waals surface area contributed by atoms with Crippen LogP contribution in [-0.2, 0) is 0 Å². The van der Waals surface area contributed by atoms with Gasteiger partial charge in [-0.2, -0.15) is 9.97 Å². The number of hydrogen-bond acceptors (Lipinski definition) is 7. The van der Waals surface area contributed by atoms with E-state index in [2.05, 4.69) is 9.97 Å². The van der Waals surface area contributed by atoms with Gasteiger partial charge in [-0.3, -0.25) is 10.1 Å². The van der Waals surface area contributed by atoms with E-state index in [9.17, 15) is 10.1 Å². The molecule has 2 fully saturated rings. The second-order valence-corrected chi connectivity index (χ2v) is 5.93. The van der Waals surface area contributed by atoms with E-state index in [4.69, 9.17) is 5.73 Å². The van der Waals surface area contributed by atoms with Crippen LogP contribution in [0.15, 0.2) is 0 Å². The average molecular weight is 306 g/mol. The van der Waals surface area contributed by atoms with Crippen LogP contribution in [0.2, 0.25) is 0 Å². The van der Waals surface area contributed by atoms with Crippen LogP contribution in [0.5, 0.6) is 0 Å². The van der Waals surface area contributed by atoms with E-state index in [1.54, 1.807) is 0 Å². The summed E-state index contributed by atoms with van der Waals surface area (Å²) in [6.45, 7) is 3.15. The highest BCUT2D eigenvalue weighted by Crippen LogP contribution is 2.37. The van der Waals surface area contributed by atoms with Gasteiger partial charge in [0.15, 0.2) is 0 Å². The lowest BCUT2D eigenvalue weighted by Crippen LogP contribution is -2.34. The van der Waals surface area contributed by atoms with Crippen molar-refractivity contribution in [1.82, 2.24) is 9.97 Å². The molecule has 0 aliphatic carbocycles. The highest BCUT2D eigenvalue weighted by Gasteiger charge is 2.32. The van der Waals surface area contributed by atoms with Crippen molar-refractivity contribution in [2.75, 3.05) is 41.7 Å². The average Bonchev–Trinajstić information content (AvgIpc) is 2.55. The van der Waals surface area contributed by atoms with Gasteiger partial charge >= 0.3 is 5.69 Å². The molecule has 2 saturated heterocycles. The smallest absolute Gasteiger partial charge is 0.353 e. The van der Waals surface area contributed by atoms with Gasteiger partial charge in [-0.1, -0.05) is 0 Å². The fraction of sp³-hybridized carbons (Fsp3) is 0.714. The molecular weight excluding hydrogens is 284 g/mol. The molecule has 0 aromatic carbocycles. The molecule has 120 valence electrons. The molecule has 0 unspecified atom stereocenters. The molecule has 1 aromatic rings. The van der Waals surface area contributed by atoms with Crippen molar-refractivity contribution in [3.05, 3.63) is 10.1 Å². The number of anilines is 3. The Morgan fingerprint density at radius 1 is 0.864 bits per heavy atom. The zero-order valence-electron chi connectivity index (χ0n) is 12.7. The highest BCUT2D eigenvalue weighted by atomic mass is 16.6. The Hall–Kier alpha value is -2.12. The number of nitro groups is 1. The normalized spacial score (nSPS) is 19.3. The molecule has 8 heteroatoms. The lowest BCUT2D eigenvalue weighted by molar-refractivity contribution is -0.383. The van der Waals surface area contributed by atoms with Crippen LogP contribution in [0, 0.1) is 10.1 Å². The number of aromatic nitrogens is 2. The van der Waals surface area contributed by atoms with Crippen molar-refractivity contribution in [1.29, 1.82) is 0 Å². The first-order valence-electron chi connectivity index (χ1n) is 7.98. The maximum absolute atomic E-state index is 11.7. The van der Waals surface area contributed by atoms with E-state index in [-0.39, 0.29) is 16.6 Å². The molecule has 8 nitrogen and oxygen atoms in total. The van der Waals surface area contributed by atoms with Crippen LogP contribution in [0.25, 0.3) is 0 Å². The highest BCUT2D eigenvalue weighted by molar-refractivity contribution is 5.73. The van der Waals surface area contributed by atoms with E-state index >= 15 is 0 Å². The second kappa shape index (κ2) is 6.33. The minimum atomic E-state index is -0.354. The van der Waals surface area contributed by atoms with Crippen LogP contribution in [0.4, 0.5) is 23.3 Å². The fourth-order valence-corrected chi connectivity index (χ4v) is 3.26. The molecular formula is C14H22N6O2. The molecule has 0 spiro atoms. The van der Waals surface area contributed by atoms with Gasteiger partial charge in [0, 0.05) is 26.2 Å². The Balaban J connectivity index is 2.04. The van der Waals surface area contributed by atoms with Crippen molar-refractivity contribution in [2.45, 2.75) is 38.5 Å². The number of nitrogen functional groups attached to an aromatic ring is 1. The Morgan fingerprint density at radius 2 is 1.27 bits per heavy atom. The Bertz CT molecular complexity index is 513. The molecule has 22 heavy (non-hydrogen) atoms. The van der Waals surface area contributed by atoms with Crippen LogP contribution in [-0.4, -0.2) is 41.1 Å². The van der Waals surface area contributed by atoms with Gasteiger partial charge in [-0.15, -0.1) is 0 Å². The quantitative estimate of drug-likeness (QED) is 0.672. The summed E-state index contributed by atoms with van der Waals surface area (Å²) >= 11 is 0. The summed E-state index contributed by atoms with van der Waals surface area (Å²) in [5, 5.41) is 11.7. The number of rotatable bonds is 3. The van der Waals surface area contributed by atoms with E-state index < -0.39 is 0 Å². The Morgan fingerprint density at radius 3 is 1.64 bits per heavy atom. The van der Waals surface area contributed by atoms with E-state index in [1.165, 1.54) is 0 Å². The standard InChI is InChI=1S/C14H22N6O2/c15-14-16-12(18-7-3-1-4-8-18)11(20(21)22)13(17-14)19-9-5-2-6-10-19/h1-10H2,(H2,15,16,17). The van der Waals surface area contributed by atoms with Crippen molar-refractivity contribution in [3.63, 3.8) is 0 Å². The molecule has 0 radical (unpaired) electrons. The molecule has 2 aliphatic rings. The summed E-state index contributed by atoms with van der Waals surface area (Å²) < 4.78 is 0. The molecule has 0 amide bonds. The molecule has 0 saturated carbocycles. The van der Waals surface area contributed by atoms with Gasteiger partial charge in [-0.25, -0.2) is 0 Å². The number of piperidine rings is 2. The first-order chi connectivity index (χ1) is 10.7. The van der Waals surface area contributed by atoms with Gasteiger partial charge in [0.05, 0.1) is 4.92 Å². The van der Waals surface area contributed by atoms with Gasteiger partial charge in [0.25, 0.3) is 0 Å². The second-order valence-electron chi connectivity index (χ2n) is 5.93. The van der Waals surface area contributed by atoms with Crippen LogP contribution in [0.3, 0.4) is 0 Å². The van der Waals surface area contributed by atoms with Crippen molar-refractivity contribution >= 4 is 23.3 Å². The first kappa shape index (κ1) is 14.8. The lowest BCUT2D eigenvalue weighted by atomic mass is 10.1. The van der Waals surface area contributed by atoms with Crippen LogP contribution < -0.4 is 15.5 Å². The monoisotopic (exact) mass is 306 g/mol. The van der Waals surface area contributed by atoms with Crippen LogP contribution >= 0.6 is 0 Å². The lowest BCUT2D eigenvalue weighted by Gasteiger charge is -2.30. The predicted molar refractivity (Wildman–Crippen MR) is 85.2 cm³/mol. The largest absolute Gasteiger partial charge is 0.368 e. The zero-order valence-corrected chi connectivity index (χ0v) is 12.7. The topological polar surface area (TPSA) is 101 Å². The minimum absolute atomic E-state index is 0.0120. The molecule has 0 atom stereocenters. The summed E-state index contributed by atoms with van der Waals surface area (Å²) in [5.41, 5.74) is 5.86. The minimum Gasteiger partial charge on any atom is -0.368 e. The molecule has 0 bridgehead atoms. The zero-order chi connectivity index (χ0) is 15.5. The van der Waals surface area contributed by atoms with Gasteiger partial charge in [0.1, 0.15) is 0 Å². The first-order valence-corrected chi connectivity index (χ1v) is 7.98. The van der Waals surface area contributed by atoms with E-state index in [0.717, 1.165) is 64.7 Å². The third-order valence-electron chi connectivity index (χ3n) is 4.36. The van der Waals surface area contributed by atoms with Gasteiger partial charge < -0.3 is 15.5 Å². The van der Waals surface area contributed by atoms with Crippen molar-refractivity contribution in [2.24, 2.45) is 0 Å². The number of hydrogen-bond donors (Lipinski definition) is 1. The van der Waals surface area contributed by atoms with Crippen molar-refractivity contribution in [3.8, 4) is 0 Å². The third-order valence-corrected chi connectivity index (χ3v) is 4.36. The molecule has 1 aromatic heterocycles. The fourth-order valence-electron chi connectivity index (χ4n) is 3.26. The van der Waals surface area contributed by atoms with E-state index in [0.29, 0.717) is 11.6 Å². The maximum atomic E-state index is 11.7. The Labute approximate surface area is 129 Å². The summed E-state index contributed by atoms with van der Waals surface area (Å²) in [6, 6.07) is 0. The summed E-state index contributed by atoms with van der Waals surface area (Å²) in [5.74, 6) is 0.891. The Kier molecular flexibility index (Phi) is 4.26. The molecule has 2 aliphatic heterocycles. The summed E-state index contributed by atoms with van der Waals surface area (Å²) in [6.07, 6.45) is 6.42. The van der Waals surface area contributed by atoms with Crippen molar-refractivity contribution < 1.29 is 4.92 Å². The van der Waals surface area contributed by atoms with Gasteiger partial charge in [-0.05, 0) is 38.5 Å². The molecule has 3 rings (SSSR count). The van der Waals surface area contributed by atoms with Gasteiger partial charge in [0.2, 0.25) is 17.6 Å². The third kappa shape index (κ3) is 2.90. The molecule has 2 N–H and O–H groups in total.